The van der Waals surface area contributed by atoms with Gasteiger partial charge in [0.25, 0.3) is 0 Å². The maximum atomic E-state index is 11.4. The van der Waals surface area contributed by atoms with Crippen molar-refractivity contribution in [3.63, 3.8) is 0 Å². The number of nitrogens with two attached hydrogens (primary N) is 2. The van der Waals surface area contributed by atoms with Crippen molar-refractivity contribution in [1.82, 2.24) is 35.1 Å². The normalized spacial score (nSPS) is 11.8. The first kappa shape index (κ1) is 26.3. The third kappa shape index (κ3) is 5.62. The second-order valence-corrected chi connectivity index (χ2v) is 10.4. The number of rotatable bonds is 12. The van der Waals surface area contributed by atoms with Crippen LogP contribution >= 0.6 is 0 Å². The molecule has 0 fully saturated rings. The van der Waals surface area contributed by atoms with Crippen molar-refractivity contribution in [2.75, 3.05) is 25.4 Å². The van der Waals surface area contributed by atoms with Gasteiger partial charge < -0.3 is 25.3 Å². The number of hydrogen-bond donors (Lipinski definition) is 4. The molecule has 0 aliphatic heterocycles. The summed E-state index contributed by atoms with van der Waals surface area (Å²) in [6.45, 7) is 4.53. The Hall–Kier alpha value is -4.27. The van der Waals surface area contributed by atoms with Crippen LogP contribution < -0.4 is 20.9 Å². The fourth-order valence-electron chi connectivity index (χ4n) is 4.32. The lowest BCUT2D eigenvalue weighted by atomic mass is 10.1. The molecule has 0 spiro atoms. The lowest BCUT2D eigenvalue weighted by Crippen LogP contribution is -2.20. The summed E-state index contributed by atoms with van der Waals surface area (Å²) in [4.78, 5) is 12.8. The second-order valence-electron chi connectivity index (χ2n) is 8.82. The van der Waals surface area contributed by atoms with Crippen LogP contribution in [0.5, 0.6) is 5.75 Å². The molecule has 204 valence electrons. The summed E-state index contributed by atoms with van der Waals surface area (Å²) >= 11 is 0. The zero-order valence-corrected chi connectivity index (χ0v) is 22.1. The fraction of sp³-hybridized carbons (Fsp3) is 0.280. The largest absolute Gasteiger partial charge is 0.490 e. The van der Waals surface area contributed by atoms with Crippen molar-refractivity contribution in [2.24, 2.45) is 5.14 Å². The Labute approximate surface area is 224 Å². The molecular weight excluding hydrogens is 522 g/mol. The van der Waals surface area contributed by atoms with Crippen molar-refractivity contribution in [3.8, 4) is 28.7 Å². The topological polar surface area (TPSA) is 193 Å². The van der Waals surface area contributed by atoms with Gasteiger partial charge in [0.15, 0.2) is 23.1 Å². The van der Waals surface area contributed by atoms with Gasteiger partial charge in [0, 0.05) is 12.7 Å². The molecule has 0 aliphatic rings. The number of aromatic nitrogens is 6. The van der Waals surface area contributed by atoms with E-state index in [1.807, 2.05) is 29.8 Å². The monoisotopic (exact) mass is 551 g/mol. The molecule has 1 aromatic carbocycles. The van der Waals surface area contributed by atoms with Crippen LogP contribution in [0.4, 0.5) is 5.82 Å². The molecule has 13 nitrogen and oxygen atoms in total. The highest BCUT2D eigenvalue weighted by atomic mass is 32.2. The van der Waals surface area contributed by atoms with E-state index in [1.165, 1.54) is 12.1 Å². The maximum absolute atomic E-state index is 11.4. The molecule has 39 heavy (non-hydrogen) atoms. The van der Waals surface area contributed by atoms with E-state index in [0.29, 0.717) is 41.6 Å². The SMILES string of the molecule is CCn1c(-c2nonc2N)nc2c(-c3ccc[nH]3)ncc(OCCCNCCc3ccc(S(N)(=O)=O)cc3)c21. The molecule has 0 amide bonds. The summed E-state index contributed by atoms with van der Waals surface area (Å²) in [6, 6.07) is 10.4. The molecule has 0 saturated carbocycles. The molecule has 0 radical (unpaired) electrons. The van der Waals surface area contributed by atoms with Gasteiger partial charge in [-0.2, -0.15) is 0 Å². The number of pyridine rings is 1. The van der Waals surface area contributed by atoms with Crippen LogP contribution in [-0.4, -0.2) is 57.9 Å². The molecule has 4 aromatic heterocycles. The Kier molecular flexibility index (Phi) is 7.58. The number of nitrogens with zero attached hydrogens (tertiary/aromatic N) is 5. The van der Waals surface area contributed by atoms with Gasteiger partial charge in [-0.25, -0.2) is 28.2 Å². The number of nitrogen functional groups attached to an aromatic ring is 1. The van der Waals surface area contributed by atoms with E-state index in [9.17, 15) is 8.42 Å². The molecule has 5 aromatic rings. The van der Waals surface area contributed by atoms with E-state index in [2.05, 4.69) is 25.6 Å². The summed E-state index contributed by atoms with van der Waals surface area (Å²) in [5.74, 6) is 1.28. The summed E-state index contributed by atoms with van der Waals surface area (Å²) < 4.78 is 35.7. The van der Waals surface area contributed by atoms with Gasteiger partial charge in [0.1, 0.15) is 16.7 Å². The second kappa shape index (κ2) is 11.2. The Balaban J connectivity index is 1.25. The van der Waals surface area contributed by atoms with Crippen molar-refractivity contribution >= 4 is 26.9 Å². The lowest BCUT2D eigenvalue weighted by molar-refractivity contribution is 0.309. The smallest absolute Gasteiger partial charge is 0.238 e. The number of nitrogens with one attached hydrogen (secondary N) is 2. The van der Waals surface area contributed by atoms with Gasteiger partial charge in [-0.1, -0.05) is 12.1 Å². The average Bonchev–Trinajstić information content (AvgIpc) is 3.67. The Morgan fingerprint density at radius 2 is 1.95 bits per heavy atom. The number of anilines is 1. The number of aryl methyl sites for hydroxylation is 1. The van der Waals surface area contributed by atoms with Crippen LogP contribution in [0.25, 0.3) is 33.9 Å². The fourth-order valence-corrected chi connectivity index (χ4v) is 4.83. The molecule has 14 heteroatoms. The number of aromatic amines is 1. The number of fused-ring (bicyclic) bond motifs is 1. The summed E-state index contributed by atoms with van der Waals surface area (Å²) in [5, 5.41) is 16.2. The molecule has 5 rings (SSSR count). The Morgan fingerprint density at radius 3 is 2.62 bits per heavy atom. The van der Waals surface area contributed by atoms with Crippen LogP contribution in [0.1, 0.15) is 18.9 Å². The molecule has 0 unspecified atom stereocenters. The Morgan fingerprint density at radius 1 is 1.13 bits per heavy atom. The van der Waals surface area contributed by atoms with Crippen LogP contribution in [0.3, 0.4) is 0 Å². The van der Waals surface area contributed by atoms with E-state index in [-0.39, 0.29) is 10.7 Å². The molecule has 0 aliphatic carbocycles. The predicted molar refractivity (Wildman–Crippen MR) is 145 cm³/mol. The van der Waals surface area contributed by atoms with E-state index in [1.54, 1.807) is 18.3 Å². The molecule has 0 atom stereocenters. The van der Waals surface area contributed by atoms with Crippen LogP contribution in [0.2, 0.25) is 0 Å². The maximum Gasteiger partial charge on any atom is 0.238 e. The number of hydrogen-bond acceptors (Lipinski definition) is 10. The van der Waals surface area contributed by atoms with E-state index < -0.39 is 10.0 Å². The van der Waals surface area contributed by atoms with E-state index >= 15 is 0 Å². The van der Waals surface area contributed by atoms with Gasteiger partial charge in [-0.05, 0) is 73.0 Å². The van der Waals surface area contributed by atoms with Gasteiger partial charge in [0.05, 0.1) is 23.4 Å². The molecular formula is C25H29N9O4S. The van der Waals surface area contributed by atoms with Gasteiger partial charge >= 0.3 is 0 Å². The van der Waals surface area contributed by atoms with Gasteiger partial charge in [0.2, 0.25) is 10.0 Å². The first-order valence-electron chi connectivity index (χ1n) is 12.4. The van der Waals surface area contributed by atoms with Crippen LogP contribution in [-0.2, 0) is 23.0 Å². The molecule has 4 heterocycles. The number of ether oxygens (including phenoxy) is 1. The van der Waals surface area contributed by atoms with E-state index in [0.717, 1.165) is 42.7 Å². The minimum Gasteiger partial charge on any atom is -0.490 e. The van der Waals surface area contributed by atoms with Crippen molar-refractivity contribution < 1.29 is 17.8 Å². The molecule has 0 bridgehead atoms. The zero-order chi connectivity index (χ0) is 27.4. The lowest BCUT2D eigenvalue weighted by Gasteiger charge is -2.12. The van der Waals surface area contributed by atoms with Gasteiger partial charge in [-0.3, -0.25) is 0 Å². The third-order valence-electron chi connectivity index (χ3n) is 6.23. The quantitative estimate of drug-likeness (QED) is 0.167. The summed E-state index contributed by atoms with van der Waals surface area (Å²) in [5.41, 5.74) is 10.3. The highest BCUT2D eigenvalue weighted by molar-refractivity contribution is 7.89. The van der Waals surface area contributed by atoms with Crippen molar-refractivity contribution in [1.29, 1.82) is 0 Å². The average molecular weight is 552 g/mol. The first-order valence-corrected chi connectivity index (χ1v) is 14.0. The standard InChI is InChI=1S/C25H29N9O4S/c1-2-34-23-19(37-14-4-11-28-13-10-16-6-8-17(9-7-16)39(27,35)36)15-30-20(18-5-3-12-29-18)21(23)31-25(34)22-24(26)33-38-32-22/h3,5-9,12,15,28-29H,2,4,10-11,13-14H2,1H3,(H2,26,33)(H2,27,35,36). The number of imidazole rings is 1. The highest BCUT2D eigenvalue weighted by Gasteiger charge is 2.24. The predicted octanol–water partition coefficient (Wildman–Crippen LogP) is 2.33. The van der Waals surface area contributed by atoms with Crippen molar-refractivity contribution in [2.45, 2.75) is 31.2 Å². The third-order valence-corrected chi connectivity index (χ3v) is 7.16. The van der Waals surface area contributed by atoms with Crippen LogP contribution in [0, 0.1) is 0 Å². The molecule has 0 saturated heterocycles. The highest BCUT2D eigenvalue weighted by Crippen LogP contribution is 2.36. The minimum atomic E-state index is -3.68. The van der Waals surface area contributed by atoms with Crippen molar-refractivity contribution in [3.05, 3.63) is 54.4 Å². The Bertz CT molecular complexity index is 1660. The summed E-state index contributed by atoms with van der Waals surface area (Å²) in [6.07, 6.45) is 5.06. The summed E-state index contributed by atoms with van der Waals surface area (Å²) in [7, 11) is -3.68. The zero-order valence-electron chi connectivity index (χ0n) is 21.3. The number of H-pyrrole nitrogens is 1. The van der Waals surface area contributed by atoms with E-state index in [4.69, 9.17) is 25.2 Å². The number of benzene rings is 1. The molecule has 6 N–H and O–H groups in total. The minimum absolute atomic E-state index is 0.110. The van der Waals surface area contributed by atoms with Crippen LogP contribution in [0.15, 0.2) is 58.3 Å². The van der Waals surface area contributed by atoms with Gasteiger partial charge in [-0.15, -0.1) is 0 Å². The number of primary sulfonamides is 1. The first-order chi connectivity index (χ1) is 18.9. The number of sulfonamides is 1.